The molecule has 5 nitrogen and oxygen atoms in total. The Bertz CT molecular complexity index is 2060. The van der Waals surface area contributed by atoms with Crippen LogP contribution in [-0.2, 0) is 13.9 Å². The van der Waals surface area contributed by atoms with E-state index in [1.807, 2.05) is 103 Å². The molecule has 1 fully saturated rings. The highest BCUT2D eigenvalue weighted by molar-refractivity contribution is 7.85. The molecule has 238 valence electrons. The van der Waals surface area contributed by atoms with E-state index in [-0.39, 0.29) is 0 Å². The second kappa shape index (κ2) is 12.4. The van der Waals surface area contributed by atoms with Crippen molar-refractivity contribution >= 4 is 35.6 Å². The molecule has 7 heteroatoms. The zero-order valence-corrected chi connectivity index (χ0v) is 28.8. The fraction of sp³-hybridized carbons (Fsp3) is 0.171. The number of hydrogen-bond acceptors (Lipinski definition) is 5. The Labute approximate surface area is 283 Å². The van der Waals surface area contributed by atoms with Gasteiger partial charge < -0.3 is 13.9 Å². The molecule has 0 atom stereocenters. The number of benzene rings is 5. The maximum absolute atomic E-state index is 14.9. The second-order valence-electron chi connectivity index (χ2n) is 13.4. The van der Waals surface area contributed by atoms with Gasteiger partial charge in [0.1, 0.15) is 0 Å². The van der Waals surface area contributed by atoms with Crippen LogP contribution < -0.4 is 21.4 Å². The summed E-state index contributed by atoms with van der Waals surface area (Å²) in [5, 5.41) is 2.35. The topological polar surface area (TPSA) is 61.3 Å². The summed E-state index contributed by atoms with van der Waals surface area (Å²) >= 11 is 0. The summed E-state index contributed by atoms with van der Waals surface area (Å²) in [5.74, 6) is 0.588. The first-order chi connectivity index (χ1) is 23.0. The van der Waals surface area contributed by atoms with Crippen LogP contribution in [-0.4, -0.2) is 28.3 Å². The predicted molar refractivity (Wildman–Crippen MR) is 198 cm³/mol. The van der Waals surface area contributed by atoms with E-state index in [0.717, 1.165) is 49.5 Å². The van der Waals surface area contributed by atoms with Gasteiger partial charge in [-0.05, 0) is 51.7 Å². The summed E-state index contributed by atoms with van der Waals surface area (Å²) in [7, 11) is -3.59. The van der Waals surface area contributed by atoms with Crippen molar-refractivity contribution < 1.29 is 13.9 Å². The average molecular weight is 649 g/mol. The van der Waals surface area contributed by atoms with E-state index in [1.54, 1.807) is 0 Å². The van der Waals surface area contributed by atoms with E-state index in [1.165, 1.54) is 5.56 Å². The molecule has 5 aromatic carbocycles. The van der Waals surface area contributed by atoms with Gasteiger partial charge in [-0.25, -0.2) is 9.97 Å². The summed E-state index contributed by atoms with van der Waals surface area (Å²) in [5.41, 5.74) is 5.62. The summed E-state index contributed by atoms with van der Waals surface area (Å²) in [6, 6.07) is 45.9. The van der Waals surface area contributed by atoms with Gasteiger partial charge in [0.05, 0.1) is 22.6 Å². The quantitative estimate of drug-likeness (QED) is 0.131. The van der Waals surface area contributed by atoms with Gasteiger partial charge in [0.25, 0.3) is 0 Å². The van der Waals surface area contributed by atoms with E-state index in [2.05, 4.69) is 71.0 Å². The van der Waals surface area contributed by atoms with Crippen LogP contribution in [0, 0.1) is 6.92 Å². The molecule has 1 aliphatic heterocycles. The van der Waals surface area contributed by atoms with Crippen molar-refractivity contribution in [1.82, 2.24) is 9.97 Å². The van der Waals surface area contributed by atoms with Crippen molar-refractivity contribution in [2.75, 3.05) is 0 Å². The molecule has 6 aromatic rings. The summed E-state index contributed by atoms with van der Waals surface area (Å²) in [6.45, 7) is 10.3. The molecule has 0 aliphatic carbocycles. The van der Waals surface area contributed by atoms with Gasteiger partial charge >= 0.3 is 7.12 Å². The molecule has 48 heavy (non-hydrogen) atoms. The van der Waals surface area contributed by atoms with Crippen LogP contribution in [0.2, 0.25) is 0 Å². The van der Waals surface area contributed by atoms with Crippen molar-refractivity contribution in [1.29, 1.82) is 0 Å². The Kier molecular flexibility index (Phi) is 8.29. The normalized spacial score (nSPS) is 15.4. The summed E-state index contributed by atoms with van der Waals surface area (Å²) in [6.07, 6.45) is 0. The first-order valence-corrected chi connectivity index (χ1v) is 18.0. The van der Waals surface area contributed by atoms with Crippen molar-refractivity contribution in [3.05, 3.63) is 145 Å². The van der Waals surface area contributed by atoms with E-state index in [4.69, 9.17) is 19.3 Å². The molecule has 7 rings (SSSR count). The van der Waals surface area contributed by atoms with Crippen LogP contribution in [0.1, 0.15) is 33.3 Å². The van der Waals surface area contributed by atoms with Gasteiger partial charge in [0, 0.05) is 27.0 Å². The van der Waals surface area contributed by atoms with Gasteiger partial charge in [-0.3, -0.25) is 0 Å². The van der Waals surface area contributed by atoms with Crippen molar-refractivity contribution in [2.24, 2.45) is 0 Å². The molecule has 0 N–H and O–H groups in total. The standard InChI is InChI=1S/C41H38BN2O3P/c1-29-19-21-30(22-20-29)37-28-38(32-13-12-14-33(27-32)42-46-40(2,3)41(4,5)47-42)44-39(43-37)31-23-25-36(26-24-31)48(45,34-15-8-6-9-16-34)35-17-10-7-11-18-35/h6-28H,1-5H3. The summed E-state index contributed by atoms with van der Waals surface area (Å²) < 4.78 is 27.7. The van der Waals surface area contributed by atoms with Crippen LogP contribution in [0.5, 0.6) is 0 Å². The molecule has 1 aromatic heterocycles. The molecular weight excluding hydrogens is 610 g/mol. The fourth-order valence-electron chi connectivity index (χ4n) is 5.96. The molecule has 1 saturated heterocycles. The maximum Gasteiger partial charge on any atom is 0.494 e. The lowest BCUT2D eigenvalue weighted by molar-refractivity contribution is 0.00578. The Morgan fingerprint density at radius 1 is 0.542 bits per heavy atom. The van der Waals surface area contributed by atoms with Gasteiger partial charge in [0.2, 0.25) is 0 Å². The Hall–Kier alpha value is -4.61. The number of rotatable bonds is 7. The molecule has 2 heterocycles. The monoisotopic (exact) mass is 648 g/mol. The van der Waals surface area contributed by atoms with Crippen molar-refractivity contribution in [3.63, 3.8) is 0 Å². The minimum absolute atomic E-state index is 0.439. The van der Waals surface area contributed by atoms with Crippen LogP contribution >= 0.6 is 7.14 Å². The predicted octanol–water partition coefficient (Wildman–Crippen LogP) is 7.72. The van der Waals surface area contributed by atoms with Gasteiger partial charge in [-0.2, -0.15) is 0 Å². The van der Waals surface area contributed by atoms with E-state index < -0.39 is 25.5 Å². The molecule has 0 bridgehead atoms. The molecule has 0 spiro atoms. The SMILES string of the molecule is Cc1ccc(-c2cc(-c3cccc(B4OC(C)(C)C(C)(C)O4)c3)nc(-c3ccc(P(=O)(c4ccccc4)c4ccccc4)cc3)n2)cc1. The maximum atomic E-state index is 14.9. The zero-order valence-electron chi connectivity index (χ0n) is 27.9. The summed E-state index contributed by atoms with van der Waals surface area (Å²) in [4.78, 5) is 10.1. The third kappa shape index (κ3) is 5.97. The Morgan fingerprint density at radius 2 is 1.04 bits per heavy atom. The lowest BCUT2D eigenvalue weighted by Gasteiger charge is -2.32. The highest BCUT2D eigenvalue weighted by atomic mass is 31.2. The molecule has 0 unspecified atom stereocenters. The number of nitrogens with zero attached hydrogens (tertiary/aromatic N) is 2. The fourth-order valence-corrected chi connectivity index (χ4v) is 8.61. The smallest absolute Gasteiger partial charge is 0.399 e. The second-order valence-corrected chi connectivity index (χ2v) is 16.1. The zero-order chi connectivity index (χ0) is 33.5. The van der Waals surface area contributed by atoms with E-state index >= 15 is 0 Å². The number of aryl methyl sites for hydroxylation is 1. The van der Waals surface area contributed by atoms with Crippen LogP contribution in [0.4, 0.5) is 0 Å². The molecule has 0 radical (unpaired) electrons. The third-order valence-corrected chi connectivity index (χ3v) is 12.6. The molecule has 0 saturated carbocycles. The molecule has 0 amide bonds. The Balaban J connectivity index is 1.31. The number of hydrogen-bond donors (Lipinski definition) is 0. The van der Waals surface area contributed by atoms with Gasteiger partial charge in [-0.1, -0.05) is 139 Å². The Morgan fingerprint density at radius 3 is 1.60 bits per heavy atom. The third-order valence-electron chi connectivity index (χ3n) is 9.51. The largest absolute Gasteiger partial charge is 0.494 e. The molecular formula is C41H38BN2O3P. The highest BCUT2D eigenvalue weighted by Crippen LogP contribution is 2.42. The lowest BCUT2D eigenvalue weighted by atomic mass is 9.78. The van der Waals surface area contributed by atoms with Crippen LogP contribution in [0.25, 0.3) is 33.9 Å². The minimum Gasteiger partial charge on any atom is -0.399 e. The van der Waals surface area contributed by atoms with E-state index in [9.17, 15) is 4.57 Å². The number of aromatic nitrogens is 2. The van der Waals surface area contributed by atoms with E-state index in [0.29, 0.717) is 5.82 Å². The lowest BCUT2D eigenvalue weighted by Crippen LogP contribution is -2.41. The first kappa shape index (κ1) is 32.0. The highest BCUT2D eigenvalue weighted by Gasteiger charge is 2.51. The first-order valence-electron chi connectivity index (χ1n) is 16.3. The minimum atomic E-state index is -3.11. The van der Waals surface area contributed by atoms with Crippen molar-refractivity contribution in [2.45, 2.75) is 45.8 Å². The van der Waals surface area contributed by atoms with Crippen LogP contribution in [0.15, 0.2) is 140 Å². The van der Waals surface area contributed by atoms with Crippen molar-refractivity contribution in [3.8, 4) is 33.9 Å². The van der Waals surface area contributed by atoms with Crippen LogP contribution in [0.3, 0.4) is 0 Å². The van der Waals surface area contributed by atoms with Gasteiger partial charge in [0.15, 0.2) is 13.0 Å². The molecule has 1 aliphatic rings. The average Bonchev–Trinajstić information content (AvgIpc) is 3.34. The van der Waals surface area contributed by atoms with Gasteiger partial charge in [-0.15, -0.1) is 0 Å².